The average Bonchev–Trinajstić information content (AvgIpc) is 2.59. The molecule has 1 saturated heterocycles. The molecule has 3 unspecified atom stereocenters. The summed E-state index contributed by atoms with van der Waals surface area (Å²) in [5, 5.41) is 0. The third kappa shape index (κ3) is 2.61. The summed E-state index contributed by atoms with van der Waals surface area (Å²) in [6, 6.07) is 0.473. The minimum Gasteiger partial charge on any atom is -0.327 e. The summed E-state index contributed by atoms with van der Waals surface area (Å²) < 4.78 is 0. The SMILES string of the molecule is CC(C)=CCN1CC2CCCC(N)C2C1. The van der Waals surface area contributed by atoms with Crippen LogP contribution in [0.3, 0.4) is 0 Å². The lowest BCUT2D eigenvalue weighted by molar-refractivity contribution is 0.259. The molecule has 0 bridgehead atoms. The van der Waals surface area contributed by atoms with Crippen molar-refractivity contribution in [1.29, 1.82) is 0 Å². The largest absolute Gasteiger partial charge is 0.327 e. The Kier molecular flexibility index (Phi) is 3.47. The Labute approximate surface area is 93.5 Å². The van der Waals surface area contributed by atoms with E-state index in [4.69, 9.17) is 5.73 Å². The van der Waals surface area contributed by atoms with Gasteiger partial charge in [-0.15, -0.1) is 0 Å². The van der Waals surface area contributed by atoms with Crippen LogP contribution in [0.25, 0.3) is 0 Å². The summed E-state index contributed by atoms with van der Waals surface area (Å²) in [5.74, 6) is 1.67. The van der Waals surface area contributed by atoms with Gasteiger partial charge in [-0.1, -0.05) is 18.1 Å². The molecule has 1 heterocycles. The summed E-state index contributed by atoms with van der Waals surface area (Å²) in [4.78, 5) is 2.58. The molecule has 2 fully saturated rings. The second-order valence-corrected chi connectivity index (χ2v) is 5.52. The fourth-order valence-electron chi connectivity index (χ4n) is 3.07. The molecule has 86 valence electrons. The van der Waals surface area contributed by atoms with E-state index in [1.54, 1.807) is 0 Å². The molecule has 1 saturated carbocycles. The Bertz CT molecular complexity index is 243. The van der Waals surface area contributed by atoms with Crippen molar-refractivity contribution >= 4 is 0 Å². The Balaban J connectivity index is 1.89. The molecule has 3 atom stereocenters. The van der Waals surface area contributed by atoms with Crippen LogP contribution in [-0.2, 0) is 0 Å². The molecule has 2 aliphatic rings. The van der Waals surface area contributed by atoms with Crippen LogP contribution < -0.4 is 5.73 Å². The first-order chi connectivity index (χ1) is 7.16. The van der Waals surface area contributed by atoms with Gasteiger partial charge in [0.1, 0.15) is 0 Å². The second-order valence-electron chi connectivity index (χ2n) is 5.52. The first-order valence-electron chi connectivity index (χ1n) is 6.28. The Hall–Kier alpha value is -0.340. The van der Waals surface area contributed by atoms with Gasteiger partial charge >= 0.3 is 0 Å². The van der Waals surface area contributed by atoms with Crippen LogP contribution >= 0.6 is 0 Å². The van der Waals surface area contributed by atoms with Gasteiger partial charge in [-0.25, -0.2) is 0 Å². The van der Waals surface area contributed by atoms with Crippen molar-refractivity contribution in [3.63, 3.8) is 0 Å². The minimum atomic E-state index is 0.473. The van der Waals surface area contributed by atoms with Crippen LogP contribution in [0.1, 0.15) is 33.1 Å². The number of nitrogens with two attached hydrogens (primary N) is 1. The zero-order chi connectivity index (χ0) is 10.8. The fourth-order valence-corrected chi connectivity index (χ4v) is 3.07. The maximum Gasteiger partial charge on any atom is 0.0165 e. The smallest absolute Gasteiger partial charge is 0.0165 e. The maximum atomic E-state index is 6.20. The monoisotopic (exact) mass is 208 g/mol. The van der Waals surface area contributed by atoms with Gasteiger partial charge in [0.05, 0.1) is 0 Å². The highest BCUT2D eigenvalue weighted by atomic mass is 15.2. The van der Waals surface area contributed by atoms with Crippen LogP contribution in [0, 0.1) is 11.8 Å². The predicted octanol–water partition coefficient (Wildman–Crippen LogP) is 2.01. The molecule has 1 aliphatic carbocycles. The van der Waals surface area contributed by atoms with Gasteiger partial charge < -0.3 is 5.73 Å². The van der Waals surface area contributed by atoms with E-state index >= 15 is 0 Å². The van der Waals surface area contributed by atoms with Gasteiger partial charge in [0.2, 0.25) is 0 Å². The van der Waals surface area contributed by atoms with Crippen molar-refractivity contribution in [2.45, 2.75) is 39.2 Å². The summed E-state index contributed by atoms with van der Waals surface area (Å²) in [6.07, 6.45) is 6.34. The lowest BCUT2D eigenvalue weighted by Crippen LogP contribution is -2.38. The van der Waals surface area contributed by atoms with Gasteiger partial charge in [-0.3, -0.25) is 4.90 Å². The highest BCUT2D eigenvalue weighted by Crippen LogP contribution is 2.35. The number of nitrogens with zero attached hydrogens (tertiary/aromatic N) is 1. The topological polar surface area (TPSA) is 29.3 Å². The van der Waals surface area contributed by atoms with Crippen molar-refractivity contribution in [2.24, 2.45) is 17.6 Å². The third-order valence-corrected chi connectivity index (χ3v) is 3.99. The van der Waals surface area contributed by atoms with E-state index < -0.39 is 0 Å². The quantitative estimate of drug-likeness (QED) is 0.703. The van der Waals surface area contributed by atoms with Crippen LogP contribution in [-0.4, -0.2) is 30.6 Å². The molecule has 0 radical (unpaired) electrons. The van der Waals surface area contributed by atoms with Crippen molar-refractivity contribution < 1.29 is 0 Å². The summed E-state index contributed by atoms with van der Waals surface area (Å²) in [6.45, 7) is 7.99. The predicted molar refractivity (Wildman–Crippen MR) is 64.7 cm³/mol. The molecule has 0 aromatic carbocycles. The van der Waals surface area contributed by atoms with E-state index in [2.05, 4.69) is 24.8 Å². The van der Waals surface area contributed by atoms with Gasteiger partial charge in [0.15, 0.2) is 0 Å². The lowest BCUT2D eigenvalue weighted by atomic mass is 9.78. The average molecular weight is 208 g/mol. The van der Waals surface area contributed by atoms with Gasteiger partial charge in [0, 0.05) is 25.7 Å². The Morgan fingerprint density at radius 3 is 2.80 bits per heavy atom. The molecule has 15 heavy (non-hydrogen) atoms. The zero-order valence-electron chi connectivity index (χ0n) is 10.1. The molecule has 0 aromatic rings. The van der Waals surface area contributed by atoms with Gasteiger partial charge in [-0.2, -0.15) is 0 Å². The molecule has 2 heteroatoms. The van der Waals surface area contributed by atoms with E-state index in [1.807, 2.05) is 0 Å². The molecular weight excluding hydrogens is 184 g/mol. The van der Waals surface area contributed by atoms with Crippen LogP contribution in [0.2, 0.25) is 0 Å². The Morgan fingerprint density at radius 1 is 1.33 bits per heavy atom. The number of hydrogen-bond acceptors (Lipinski definition) is 2. The van der Waals surface area contributed by atoms with E-state index in [0.29, 0.717) is 6.04 Å². The highest BCUT2D eigenvalue weighted by Gasteiger charge is 2.37. The molecule has 0 aromatic heterocycles. The number of allylic oxidation sites excluding steroid dienone is 1. The zero-order valence-corrected chi connectivity index (χ0v) is 10.1. The van der Waals surface area contributed by atoms with Crippen molar-refractivity contribution in [1.82, 2.24) is 4.90 Å². The van der Waals surface area contributed by atoms with Gasteiger partial charge in [-0.05, 0) is 38.5 Å². The van der Waals surface area contributed by atoms with Crippen LogP contribution in [0.5, 0.6) is 0 Å². The Morgan fingerprint density at radius 2 is 2.13 bits per heavy atom. The summed E-state index contributed by atoms with van der Waals surface area (Å²) in [7, 11) is 0. The van der Waals surface area contributed by atoms with Crippen LogP contribution in [0.15, 0.2) is 11.6 Å². The molecular formula is C13H24N2. The lowest BCUT2D eigenvalue weighted by Gasteiger charge is -2.29. The normalized spacial score (nSPS) is 36.3. The van der Waals surface area contributed by atoms with Gasteiger partial charge in [0.25, 0.3) is 0 Å². The first-order valence-corrected chi connectivity index (χ1v) is 6.28. The van der Waals surface area contributed by atoms with Crippen LogP contribution in [0.4, 0.5) is 0 Å². The third-order valence-electron chi connectivity index (χ3n) is 3.99. The minimum absolute atomic E-state index is 0.473. The fraction of sp³-hybridized carbons (Fsp3) is 0.846. The van der Waals surface area contributed by atoms with E-state index in [-0.39, 0.29) is 0 Å². The molecule has 0 amide bonds. The highest BCUT2D eigenvalue weighted by molar-refractivity contribution is 4.99. The number of fused-ring (bicyclic) bond motifs is 1. The van der Waals surface area contributed by atoms with Crippen molar-refractivity contribution in [2.75, 3.05) is 19.6 Å². The van der Waals surface area contributed by atoms with E-state index in [9.17, 15) is 0 Å². The maximum absolute atomic E-state index is 6.20. The van der Waals surface area contributed by atoms with E-state index in [1.165, 1.54) is 37.9 Å². The second kappa shape index (κ2) is 4.67. The molecule has 2 rings (SSSR count). The van der Waals surface area contributed by atoms with Crippen molar-refractivity contribution in [3.05, 3.63) is 11.6 Å². The molecule has 2 N–H and O–H groups in total. The van der Waals surface area contributed by atoms with E-state index in [0.717, 1.165) is 18.4 Å². The molecule has 1 aliphatic heterocycles. The molecule has 2 nitrogen and oxygen atoms in total. The number of hydrogen-bond donors (Lipinski definition) is 1. The molecule has 0 spiro atoms. The van der Waals surface area contributed by atoms with Crippen molar-refractivity contribution in [3.8, 4) is 0 Å². The summed E-state index contributed by atoms with van der Waals surface area (Å²) in [5.41, 5.74) is 7.62. The first kappa shape index (κ1) is 11.2. The number of likely N-dealkylation sites (tertiary alicyclic amines) is 1. The standard InChI is InChI=1S/C13H24N2/c1-10(2)6-7-15-8-11-4-3-5-13(14)12(11)9-15/h6,11-13H,3-5,7-9,14H2,1-2H3. The summed E-state index contributed by atoms with van der Waals surface area (Å²) >= 11 is 0. The number of rotatable bonds is 2.